The average Bonchev–Trinajstić information content (AvgIpc) is 3.13. The molecule has 2 N–H and O–H groups in total. The first-order chi connectivity index (χ1) is 15.7. The number of hydrogen-bond acceptors (Lipinski definition) is 5. The van der Waals surface area contributed by atoms with E-state index >= 15 is 4.39 Å². The van der Waals surface area contributed by atoms with Crippen molar-refractivity contribution in [3.8, 4) is 5.75 Å². The summed E-state index contributed by atoms with van der Waals surface area (Å²) in [6.45, 7) is 0.108. The van der Waals surface area contributed by atoms with Crippen LogP contribution in [0.15, 0.2) is 30.3 Å². The number of rotatable bonds is 5. The lowest BCUT2D eigenvalue weighted by atomic mass is 9.87. The molecule has 1 amide bonds. The van der Waals surface area contributed by atoms with Gasteiger partial charge in [-0.15, -0.1) is 0 Å². The number of aliphatic hydroxyl groups is 1. The topological polar surface area (TPSA) is 89.3 Å². The summed E-state index contributed by atoms with van der Waals surface area (Å²) in [5, 5.41) is 16.3. The van der Waals surface area contributed by atoms with Gasteiger partial charge in [0, 0.05) is 12.7 Å². The summed E-state index contributed by atoms with van der Waals surface area (Å²) in [7, 11) is 1.35. The van der Waals surface area contributed by atoms with E-state index in [-0.39, 0.29) is 35.4 Å². The van der Waals surface area contributed by atoms with E-state index in [9.17, 15) is 23.1 Å². The lowest BCUT2D eigenvalue weighted by Crippen LogP contribution is -2.21. The number of carbonyl (C=O) groups excluding carboxylic acids is 1. The normalized spacial score (nSPS) is 19.0. The van der Waals surface area contributed by atoms with Crippen LogP contribution in [0.3, 0.4) is 0 Å². The number of alkyl halides is 3. The Labute approximate surface area is 186 Å². The Morgan fingerprint density at radius 3 is 2.61 bits per heavy atom. The van der Waals surface area contributed by atoms with Crippen LogP contribution >= 0.6 is 0 Å². The molecule has 176 valence electrons. The van der Waals surface area contributed by atoms with Crippen LogP contribution in [0.5, 0.6) is 5.75 Å². The van der Waals surface area contributed by atoms with Gasteiger partial charge in [0.2, 0.25) is 5.95 Å². The molecule has 1 aromatic carbocycles. The van der Waals surface area contributed by atoms with Crippen molar-refractivity contribution in [3.63, 3.8) is 0 Å². The van der Waals surface area contributed by atoms with Gasteiger partial charge in [0.15, 0.2) is 0 Å². The number of pyridine rings is 1. The molecule has 0 aliphatic heterocycles. The standard InChI is InChI=1S/C22H22F4N4O3/c1-33-18-10-16-14(20(23)30(29-16)13-7-5-12(11-31)6-8-13)9-17(18)28-21(32)15-3-2-4-19(27-15)22(24,25)26/h2-4,9-10,12-13,31H,5-8,11H2,1H3,(H,28,32). The van der Waals surface area contributed by atoms with Crippen LogP contribution in [0.2, 0.25) is 0 Å². The number of aromatic nitrogens is 3. The number of fused-ring (bicyclic) bond motifs is 1. The van der Waals surface area contributed by atoms with Gasteiger partial charge in [0.1, 0.15) is 17.1 Å². The summed E-state index contributed by atoms with van der Waals surface area (Å²) in [6, 6.07) is 5.65. The molecule has 0 unspecified atom stereocenters. The second-order valence-electron chi connectivity index (χ2n) is 8.02. The zero-order chi connectivity index (χ0) is 23.8. The number of nitrogens with one attached hydrogen (secondary N) is 1. The van der Waals surface area contributed by atoms with Gasteiger partial charge in [-0.2, -0.15) is 22.7 Å². The number of methoxy groups -OCH3 is 1. The van der Waals surface area contributed by atoms with Crippen LogP contribution in [-0.2, 0) is 6.18 Å². The number of amides is 1. The molecule has 11 heteroatoms. The maximum atomic E-state index is 15.2. The molecule has 0 bridgehead atoms. The SMILES string of the molecule is COc1cc2nn(C3CCC(CO)CC3)c(F)c2cc1NC(=O)c1cccc(C(F)(F)F)n1. The van der Waals surface area contributed by atoms with E-state index < -0.39 is 29.4 Å². The first-order valence-electron chi connectivity index (χ1n) is 10.4. The van der Waals surface area contributed by atoms with Crippen molar-refractivity contribution < 1.29 is 32.2 Å². The highest BCUT2D eigenvalue weighted by Crippen LogP contribution is 2.36. The third kappa shape index (κ3) is 4.63. The Morgan fingerprint density at radius 2 is 1.97 bits per heavy atom. The zero-order valence-electron chi connectivity index (χ0n) is 17.7. The maximum Gasteiger partial charge on any atom is 0.433 e. The highest BCUT2D eigenvalue weighted by Gasteiger charge is 2.33. The molecular weight excluding hydrogens is 444 g/mol. The molecule has 7 nitrogen and oxygen atoms in total. The number of hydrogen-bond donors (Lipinski definition) is 2. The van der Waals surface area contributed by atoms with Crippen LogP contribution in [0.1, 0.15) is 47.9 Å². The Bertz CT molecular complexity index is 1170. The van der Waals surface area contributed by atoms with Gasteiger partial charge in [-0.25, -0.2) is 9.67 Å². The van der Waals surface area contributed by atoms with Crippen LogP contribution in [-0.4, -0.2) is 39.5 Å². The predicted molar refractivity (Wildman–Crippen MR) is 112 cm³/mol. The van der Waals surface area contributed by atoms with E-state index in [1.165, 1.54) is 23.9 Å². The van der Waals surface area contributed by atoms with Crippen molar-refractivity contribution >= 4 is 22.5 Å². The number of ether oxygens (including phenoxy) is 1. The molecule has 0 atom stereocenters. The minimum atomic E-state index is -4.69. The molecule has 0 spiro atoms. The Balaban J connectivity index is 1.63. The molecule has 33 heavy (non-hydrogen) atoms. The van der Waals surface area contributed by atoms with Crippen molar-refractivity contribution in [2.24, 2.45) is 5.92 Å². The third-order valence-corrected chi connectivity index (χ3v) is 5.90. The van der Waals surface area contributed by atoms with Gasteiger partial charge in [0.25, 0.3) is 5.91 Å². The van der Waals surface area contributed by atoms with Crippen LogP contribution in [0, 0.1) is 11.9 Å². The minimum Gasteiger partial charge on any atom is -0.494 e. The van der Waals surface area contributed by atoms with E-state index in [2.05, 4.69) is 15.4 Å². The van der Waals surface area contributed by atoms with Crippen molar-refractivity contribution in [2.75, 3.05) is 19.0 Å². The number of anilines is 1. The summed E-state index contributed by atoms with van der Waals surface area (Å²) in [4.78, 5) is 15.9. The van der Waals surface area contributed by atoms with E-state index in [0.29, 0.717) is 18.4 Å². The number of carbonyl (C=O) groups is 1. The molecular formula is C22H22F4N4O3. The van der Waals surface area contributed by atoms with Crippen molar-refractivity contribution in [1.82, 2.24) is 14.8 Å². The molecule has 2 heterocycles. The summed E-state index contributed by atoms with van der Waals surface area (Å²) < 4.78 is 60.6. The Hall–Kier alpha value is -3.21. The Morgan fingerprint density at radius 1 is 1.24 bits per heavy atom. The number of aliphatic hydroxyl groups excluding tert-OH is 1. The van der Waals surface area contributed by atoms with Gasteiger partial charge in [-0.3, -0.25) is 4.79 Å². The fraction of sp³-hybridized carbons (Fsp3) is 0.409. The lowest BCUT2D eigenvalue weighted by molar-refractivity contribution is -0.141. The first-order valence-corrected chi connectivity index (χ1v) is 10.4. The van der Waals surface area contributed by atoms with E-state index in [4.69, 9.17) is 4.74 Å². The molecule has 0 saturated heterocycles. The van der Waals surface area contributed by atoms with Gasteiger partial charge >= 0.3 is 6.18 Å². The van der Waals surface area contributed by atoms with Gasteiger partial charge < -0.3 is 15.2 Å². The number of nitrogens with zero attached hydrogens (tertiary/aromatic N) is 3. The molecule has 3 aromatic rings. The predicted octanol–water partition coefficient (Wildman–Crippen LogP) is 4.57. The molecule has 1 aliphatic rings. The van der Waals surface area contributed by atoms with Crippen molar-refractivity contribution in [2.45, 2.75) is 37.9 Å². The zero-order valence-corrected chi connectivity index (χ0v) is 17.7. The van der Waals surface area contributed by atoms with E-state index in [1.54, 1.807) is 0 Å². The Kier molecular flexibility index (Phi) is 6.24. The number of benzene rings is 1. The maximum absolute atomic E-state index is 15.2. The summed E-state index contributed by atoms with van der Waals surface area (Å²) in [5.41, 5.74) is -1.23. The summed E-state index contributed by atoms with van der Waals surface area (Å²) >= 11 is 0. The van der Waals surface area contributed by atoms with Crippen LogP contribution in [0.25, 0.3) is 10.9 Å². The number of halogens is 4. The molecule has 1 aliphatic carbocycles. The summed E-state index contributed by atoms with van der Waals surface area (Å²) in [6.07, 6.45) is -1.80. The molecule has 1 fully saturated rings. The molecule has 0 radical (unpaired) electrons. The highest BCUT2D eigenvalue weighted by molar-refractivity contribution is 6.05. The second kappa shape index (κ2) is 8.97. The van der Waals surface area contributed by atoms with Crippen LogP contribution < -0.4 is 10.1 Å². The lowest BCUT2D eigenvalue weighted by Gasteiger charge is -2.27. The van der Waals surface area contributed by atoms with Gasteiger partial charge in [-0.05, 0) is 49.8 Å². The third-order valence-electron chi connectivity index (χ3n) is 5.90. The fourth-order valence-corrected chi connectivity index (χ4v) is 4.09. The van der Waals surface area contributed by atoms with Crippen molar-refractivity contribution in [3.05, 3.63) is 47.7 Å². The smallest absolute Gasteiger partial charge is 0.433 e. The monoisotopic (exact) mass is 466 g/mol. The summed E-state index contributed by atoms with van der Waals surface area (Å²) in [5.74, 6) is -1.08. The van der Waals surface area contributed by atoms with E-state index in [0.717, 1.165) is 31.0 Å². The van der Waals surface area contributed by atoms with Gasteiger partial charge in [0.05, 0.1) is 29.7 Å². The van der Waals surface area contributed by atoms with Gasteiger partial charge in [-0.1, -0.05) is 6.07 Å². The molecule has 2 aromatic heterocycles. The van der Waals surface area contributed by atoms with Crippen LogP contribution in [0.4, 0.5) is 23.2 Å². The molecule has 4 rings (SSSR count). The largest absolute Gasteiger partial charge is 0.494 e. The average molecular weight is 466 g/mol. The highest BCUT2D eigenvalue weighted by atomic mass is 19.4. The second-order valence-corrected chi connectivity index (χ2v) is 8.02. The quantitative estimate of drug-likeness (QED) is 0.538. The fourth-order valence-electron chi connectivity index (χ4n) is 4.09. The first kappa shape index (κ1) is 23.0. The molecule has 1 saturated carbocycles. The van der Waals surface area contributed by atoms with E-state index in [1.807, 2.05) is 0 Å². The van der Waals surface area contributed by atoms with Crippen molar-refractivity contribution in [1.29, 1.82) is 0 Å². The minimum absolute atomic E-state index is 0.0802.